The minimum Gasteiger partial charge on any atom is -0.465 e. The SMILES string of the molecule is COC(=O)c1c(C)cc2ccc(C(C)C)ccc1-2. The molecule has 0 radical (unpaired) electrons. The van der Waals surface area contributed by atoms with Gasteiger partial charge in [-0.25, -0.2) is 4.79 Å². The van der Waals surface area contributed by atoms with Gasteiger partial charge in [0.15, 0.2) is 0 Å². The first-order chi connectivity index (χ1) is 8.54. The Bertz CT molecular complexity index is 555. The minimum absolute atomic E-state index is 0.264. The van der Waals surface area contributed by atoms with Crippen LogP contribution in [0.25, 0.3) is 11.1 Å². The van der Waals surface area contributed by atoms with Crippen molar-refractivity contribution in [1.82, 2.24) is 0 Å². The highest BCUT2D eigenvalue weighted by Crippen LogP contribution is 2.32. The molecule has 0 unspecified atom stereocenters. The molecule has 0 aromatic heterocycles. The largest absolute Gasteiger partial charge is 0.465 e. The molecule has 18 heavy (non-hydrogen) atoms. The zero-order chi connectivity index (χ0) is 13.3. The van der Waals surface area contributed by atoms with Crippen LogP contribution < -0.4 is 0 Å². The molecule has 0 fully saturated rings. The molecular formula is C16H18O2. The first-order valence-corrected chi connectivity index (χ1v) is 6.16. The summed E-state index contributed by atoms with van der Waals surface area (Å²) in [5, 5.41) is 0. The van der Waals surface area contributed by atoms with Crippen molar-refractivity contribution in [3.63, 3.8) is 0 Å². The second kappa shape index (κ2) is 4.81. The summed E-state index contributed by atoms with van der Waals surface area (Å²) in [5.41, 5.74) is 4.96. The number of carbonyl (C=O) groups is 1. The van der Waals surface area contributed by atoms with Crippen LogP contribution in [0.15, 0.2) is 30.3 Å². The molecule has 0 aromatic carbocycles. The molecule has 94 valence electrons. The van der Waals surface area contributed by atoms with Gasteiger partial charge in [-0.05, 0) is 35.1 Å². The zero-order valence-electron chi connectivity index (χ0n) is 11.3. The third-order valence-electron chi connectivity index (χ3n) is 3.30. The Balaban J connectivity index is 2.63. The zero-order valence-corrected chi connectivity index (χ0v) is 11.3. The fraction of sp³-hybridized carbons (Fsp3) is 0.312. The summed E-state index contributed by atoms with van der Waals surface area (Å²) >= 11 is 0. The van der Waals surface area contributed by atoms with E-state index in [1.54, 1.807) is 0 Å². The standard InChI is InChI=1S/C16H18O2/c1-10(2)12-5-6-13-9-11(3)15(16(17)18-4)14(13)8-7-12/h5-10H,1-4H3. The Hall–Kier alpha value is -1.83. The number of esters is 1. The van der Waals surface area contributed by atoms with Crippen LogP contribution in [0.5, 0.6) is 0 Å². The van der Waals surface area contributed by atoms with Gasteiger partial charge in [-0.1, -0.05) is 44.2 Å². The minimum atomic E-state index is -0.264. The maximum Gasteiger partial charge on any atom is 0.338 e. The maximum atomic E-state index is 11.8. The molecule has 2 aliphatic rings. The highest BCUT2D eigenvalue weighted by Gasteiger charge is 2.19. The number of aryl methyl sites for hydroxylation is 1. The fourth-order valence-electron chi connectivity index (χ4n) is 2.24. The van der Waals surface area contributed by atoms with E-state index in [2.05, 4.69) is 32.0 Å². The van der Waals surface area contributed by atoms with E-state index >= 15 is 0 Å². The van der Waals surface area contributed by atoms with Gasteiger partial charge in [0.05, 0.1) is 12.7 Å². The summed E-state index contributed by atoms with van der Waals surface area (Å²) in [6, 6.07) is 10.3. The van der Waals surface area contributed by atoms with Crippen LogP contribution in [0.2, 0.25) is 0 Å². The van der Waals surface area contributed by atoms with Gasteiger partial charge in [-0.3, -0.25) is 0 Å². The first kappa shape index (κ1) is 12.6. The normalized spacial score (nSPS) is 10.9. The van der Waals surface area contributed by atoms with Gasteiger partial charge < -0.3 is 4.74 Å². The maximum absolute atomic E-state index is 11.8. The van der Waals surface area contributed by atoms with Crippen molar-refractivity contribution < 1.29 is 9.53 Å². The van der Waals surface area contributed by atoms with Crippen molar-refractivity contribution in [2.75, 3.05) is 7.11 Å². The van der Waals surface area contributed by atoms with Crippen LogP contribution in [-0.4, -0.2) is 13.1 Å². The van der Waals surface area contributed by atoms with Gasteiger partial charge in [-0.15, -0.1) is 0 Å². The average Bonchev–Trinajstić information content (AvgIpc) is 2.51. The lowest BCUT2D eigenvalue weighted by Crippen LogP contribution is -2.02. The molecule has 0 aromatic rings. The van der Waals surface area contributed by atoms with Crippen LogP contribution >= 0.6 is 0 Å². The molecule has 0 bridgehead atoms. The molecular weight excluding hydrogens is 224 g/mol. The van der Waals surface area contributed by atoms with Gasteiger partial charge in [-0.2, -0.15) is 0 Å². The van der Waals surface area contributed by atoms with Gasteiger partial charge in [0, 0.05) is 0 Å². The van der Waals surface area contributed by atoms with E-state index in [1.807, 2.05) is 19.1 Å². The van der Waals surface area contributed by atoms with Crippen molar-refractivity contribution in [2.24, 2.45) is 0 Å². The fourth-order valence-corrected chi connectivity index (χ4v) is 2.24. The van der Waals surface area contributed by atoms with Crippen LogP contribution in [0.3, 0.4) is 0 Å². The van der Waals surface area contributed by atoms with Gasteiger partial charge in [0.2, 0.25) is 0 Å². The van der Waals surface area contributed by atoms with Crippen LogP contribution in [-0.2, 0) is 4.74 Å². The van der Waals surface area contributed by atoms with Crippen molar-refractivity contribution in [3.05, 3.63) is 47.0 Å². The number of rotatable bonds is 2. The number of hydrogen-bond acceptors (Lipinski definition) is 2. The Kier molecular flexibility index (Phi) is 3.37. The highest BCUT2D eigenvalue weighted by atomic mass is 16.5. The van der Waals surface area contributed by atoms with Crippen molar-refractivity contribution in [3.8, 4) is 11.1 Å². The number of carbonyl (C=O) groups excluding carboxylic acids is 1. The summed E-state index contributed by atoms with van der Waals surface area (Å²) in [5.74, 6) is 0.212. The average molecular weight is 242 g/mol. The number of ether oxygens (including phenoxy) is 1. The smallest absolute Gasteiger partial charge is 0.338 e. The van der Waals surface area contributed by atoms with Crippen LogP contribution in [0, 0.1) is 6.92 Å². The quantitative estimate of drug-likeness (QED) is 0.744. The second-order valence-electron chi connectivity index (χ2n) is 4.88. The van der Waals surface area contributed by atoms with Gasteiger partial charge in [0.1, 0.15) is 0 Å². The Morgan fingerprint density at radius 2 is 1.83 bits per heavy atom. The summed E-state index contributed by atoms with van der Waals surface area (Å²) in [6.45, 7) is 6.26. The monoisotopic (exact) mass is 242 g/mol. The summed E-state index contributed by atoms with van der Waals surface area (Å²) in [6.07, 6.45) is 0. The van der Waals surface area contributed by atoms with E-state index in [0.717, 1.165) is 16.7 Å². The lowest BCUT2D eigenvalue weighted by Gasteiger charge is -2.01. The topological polar surface area (TPSA) is 26.3 Å². The highest BCUT2D eigenvalue weighted by molar-refractivity contribution is 6.00. The van der Waals surface area contributed by atoms with E-state index in [0.29, 0.717) is 11.5 Å². The van der Waals surface area contributed by atoms with E-state index in [-0.39, 0.29) is 5.97 Å². The van der Waals surface area contributed by atoms with E-state index in [1.165, 1.54) is 12.7 Å². The molecule has 2 aliphatic carbocycles. The Labute approximate surface area is 108 Å². The number of fused-ring (bicyclic) bond motifs is 1. The summed E-state index contributed by atoms with van der Waals surface area (Å²) in [4.78, 5) is 11.8. The molecule has 0 amide bonds. The first-order valence-electron chi connectivity index (χ1n) is 6.16. The van der Waals surface area contributed by atoms with Crippen molar-refractivity contribution in [2.45, 2.75) is 26.7 Å². The molecule has 2 rings (SSSR count). The van der Waals surface area contributed by atoms with Crippen LogP contribution in [0.1, 0.15) is 41.3 Å². The van der Waals surface area contributed by atoms with E-state index in [4.69, 9.17) is 4.74 Å². The lowest BCUT2D eigenvalue weighted by molar-refractivity contribution is 0.0601. The molecule has 0 spiro atoms. The lowest BCUT2D eigenvalue weighted by atomic mass is 10.1. The van der Waals surface area contributed by atoms with Crippen molar-refractivity contribution >= 4 is 5.97 Å². The molecule has 0 N–H and O–H groups in total. The third-order valence-corrected chi connectivity index (χ3v) is 3.30. The third kappa shape index (κ3) is 2.10. The second-order valence-corrected chi connectivity index (χ2v) is 4.88. The Morgan fingerprint density at radius 3 is 2.44 bits per heavy atom. The van der Waals surface area contributed by atoms with Crippen LogP contribution in [0.4, 0.5) is 0 Å². The van der Waals surface area contributed by atoms with E-state index in [9.17, 15) is 4.79 Å². The predicted octanol–water partition coefficient (Wildman–Crippen LogP) is 4.01. The Morgan fingerprint density at radius 1 is 1.17 bits per heavy atom. The molecule has 2 heteroatoms. The predicted molar refractivity (Wildman–Crippen MR) is 73.2 cm³/mol. The molecule has 0 atom stereocenters. The molecule has 0 saturated heterocycles. The van der Waals surface area contributed by atoms with Crippen molar-refractivity contribution in [1.29, 1.82) is 0 Å². The molecule has 0 aliphatic heterocycles. The van der Waals surface area contributed by atoms with Gasteiger partial charge >= 0.3 is 5.97 Å². The molecule has 2 nitrogen and oxygen atoms in total. The van der Waals surface area contributed by atoms with E-state index < -0.39 is 0 Å². The number of methoxy groups -OCH3 is 1. The summed E-state index contributed by atoms with van der Waals surface area (Å²) in [7, 11) is 1.42. The summed E-state index contributed by atoms with van der Waals surface area (Å²) < 4.78 is 4.85. The molecule has 0 saturated carbocycles. The number of hydrogen-bond donors (Lipinski definition) is 0. The van der Waals surface area contributed by atoms with Gasteiger partial charge in [0.25, 0.3) is 0 Å². The molecule has 0 heterocycles.